The van der Waals surface area contributed by atoms with Gasteiger partial charge in [0, 0.05) is 17.6 Å². The van der Waals surface area contributed by atoms with Gasteiger partial charge in [0.15, 0.2) is 0 Å². The molecule has 1 fully saturated rings. The molecule has 4 N–H and O–H groups in total. The molecular formula is C13H18N2O2. The Hall–Kier alpha value is -1.55. The summed E-state index contributed by atoms with van der Waals surface area (Å²) in [5.41, 5.74) is 6.40. The summed E-state index contributed by atoms with van der Waals surface area (Å²) in [4.78, 5) is 11.9. The van der Waals surface area contributed by atoms with Crippen LogP contribution in [0.1, 0.15) is 36.0 Å². The third kappa shape index (κ3) is 3.20. The standard InChI is InChI=1S/C13H18N2O2/c14-10-3-5-11(6-4-10)15-13(17)9-1-7-12(16)8-2-9/h1-2,7-8,10-11,16H,3-6,14H2,(H,15,17). The van der Waals surface area contributed by atoms with E-state index in [1.54, 1.807) is 12.1 Å². The summed E-state index contributed by atoms with van der Waals surface area (Å²) in [7, 11) is 0. The maximum atomic E-state index is 11.9. The second-order valence-corrected chi connectivity index (χ2v) is 4.63. The predicted molar refractivity (Wildman–Crippen MR) is 65.8 cm³/mol. The number of aromatic hydroxyl groups is 1. The molecule has 92 valence electrons. The van der Waals surface area contributed by atoms with Crippen molar-refractivity contribution in [1.82, 2.24) is 5.32 Å². The lowest BCUT2D eigenvalue weighted by molar-refractivity contribution is 0.0926. The van der Waals surface area contributed by atoms with E-state index in [0.29, 0.717) is 5.56 Å². The number of amides is 1. The van der Waals surface area contributed by atoms with Crippen LogP contribution in [0, 0.1) is 0 Å². The summed E-state index contributed by atoms with van der Waals surface area (Å²) in [5, 5.41) is 12.1. The Morgan fingerprint density at radius 1 is 1.18 bits per heavy atom. The molecule has 2 rings (SSSR count). The molecule has 0 bridgehead atoms. The Morgan fingerprint density at radius 2 is 1.76 bits per heavy atom. The lowest BCUT2D eigenvalue weighted by Gasteiger charge is -2.26. The third-order valence-corrected chi connectivity index (χ3v) is 3.24. The summed E-state index contributed by atoms with van der Waals surface area (Å²) in [5.74, 6) is 0.0932. The average molecular weight is 234 g/mol. The fraction of sp³-hybridized carbons (Fsp3) is 0.462. The number of nitrogens with one attached hydrogen (secondary N) is 1. The topological polar surface area (TPSA) is 75.3 Å². The molecule has 4 nitrogen and oxygen atoms in total. The van der Waals surface area contributed by atoms with Gasteiger partial charge in [-0.2, -0.15) is 0 Å². The van der Waals surface area contributed by atoms with Crippen molar-refractivity contribution in [2.75, 3.05) is 0 Å². The molecule has 1 amide bonds. The minimum absolute atomic E-state index is 0.0783. The Labute approximate surface area is 101 Å². The van der Waals surface area contributed by atoms with Gasteiger partial charge in [0.1, 0.15) is 5.75 Å². The van der Waals surface area contributed by atoms with E-state index >= 15 is 0 Å². The molecule has 0 spiro atoms. The van der Waals surface area contributed by atoms with E-state index < -0.39 is 0 Å². The SMILES string of the molecule is NC1CCC(NC(=O)c2ccc(O)cc2)CC1. The van der Waals surface area contributed by atoms with Gasteiger partial charge in [0.25, 0.3) is 5.91 Å². The van der Waals surface area contributed by atoms with Crippen LogP contribution in [0.4, 0.5) is 0 Å². The van der Waals surface area contributed by atoms with Crippen LogP contribution in [0.15, 0.2) is 24.3 Å². The predicted octanol–water partition coefficient (Wildman–Crippen LogP) is 1.39. The van der Waals surface area contributed by atoms with Crippen molar-refractivity contribution in [3.63, 3.8) is 0 Å². The second kappa shape index (κ2) is 5.19. The van der Waals surface area contributed by atoms with Crippen molar-refractivity contribution >= 4 is 5.91 Å². The van der Waals surface area contributed by atoms with Gasteiger partial charge < -0.3 is 16.2 Å². The van der Waals surface area contributed by atoms with Gasteiger partial charge in [-0.15, -0.1) is 0 Å². The molecule has 1 aromatic carbocycles. The van der Waals surface area contributed by atoms with Gasteiger partial charge in [0.2, 0.25) is 0 Å². The van der Waals surface area contributed by atoms with Gasteiger partial charge in [-0.1, -0.05) is 0 Å². The largest absolute Gasteiger partial charge is 0.508 e. The molecule has 1 saturated carbocycles. The minimum Gasteiger partial charge on any atom is -0.508 e. The molecule has 1 aliphatic carbocycles. The first-order chi connectivity index (χ1) is 8.15. The van der Waals surface area contributed by atoms with Gasteiger partial charge in [0.05, 0.1) is 0 Å². The van der Waals surface area contributed by atoms with Crippen molar-refractivity contribution in [3.8, 4) is 5.75 Å². The highest BCUT2D eigenvalue weighted by molar-refractivity contribution is 5.94. The van der Waals surface area contributed by atoms with Gasteiger partial charge in [-0.3, -0.25) is 4.79 Å². The smallest absolute Gasteiger partial charge is 0.251 e. The zero-order valence-corrected chi connectivity index (χ0v) is 9.73. The van der Waals surface area contributed by atoms with Crippen LogP contribution >= 0.6 is 0 Å². The Bertz CT molecular complexity index is 381. The van der Waals surface area contributed by atoms with Crippen molar-refractivity contribution in [2.45, 2.75) is 37.8 Å². The molecule has 0 atom stereocenters. The zero-order valence-electron chi connectivity index (χ0n) is 9.73. The first-order valence-corrected chi connectivity index (χ1v) is 6.00. The minimum atomic E-state index is -0.0783. The van der Waals surface area contributed by atoms with Gasteiger partial charge >= 0.3 is 0 Å². The lowest BCUT2D eigenvalue weighted by Crippen LogP contribution is -2.40. The van der Waals surface area contributed by atoms with Gasteiger partial charge in [-0.25, -0.2) is 0 Å². The van der Waals surface area contributed by atoms with E-state index in [2.05, 4.69) is 5.32 Å². The molecule has 0 radical (unpaired) electrons. The van der Waals surface area contributed by atoms with E-state index in [1.165, 1.54) is 12.1 Å². The van der Waals surface area contributed by atoms with E-state index in [-0.39, 0.29) is 23.7 Å². The highest BCUT2D eigenvalue weighted by atomic mass is 16.3. The molecule has 0 saturated heterocycles. The van der Waals surface area contributed by atoms with E-state index in [1.807, 2.05) is 0 Å². The number of hydrogen-bond acceptors (Lipinski definition) is 3. The second-order valence-electron chi connectivity index (χ2n) is 4.63. The average Bonchev–Trinajstić information content (AvgIpc) is 2.33. The number of rotatable bonds is 2. The Balaban J connectivity index is 1.91. The Kier molecular flexibility index (Phi) is 3.64. The highest BCUT2D eigenvalue weighted by Gasteiger charge is 2.20. The lowest BCUT2D eigenvalue weighted by atomic mass is 9.91. The summed E-state index contributed by atoms with van der Waals surface area (Å²) in [6.07, 6.45) is 3.84. The molecule has 1 aromatic rings. The maximum absolute atomic E-state index is 11.9. The van der Waals surface area contributed by atoms with Crippen LogP contribution in [0.2, 0.25) is 0 Å². The first kappa shape index (κ1) is 11.9. The molecule has 0 heterocycles. The quantitative estimate of drug-likeness (QED) is 0.724. The van der Waals surface area contributed by atoms with Gasteiger partial charge in [-0.05, 0) is 49.9 Å². The summed E-state index contributed by atoms with van der Waals surface area (Å²) in [6, 6.07) is 6.81. The first-order valence-electron chi connectivity index (χ1n) is 6.00. The van der Waals surface area contributed by atoms with Crippen molar-refractivity contribution < 1.29 is 9.90 Å². The van der Waals surface area contributed by atoms with Crippen molar-refractivity contribution in [3.05, 3.63) is 29.8 Å². The molecule has 0 unspecified atom stereocenters. The number of nitrogens with two attached hydrogens (primary N) is 1. The van der Waals surface area contributed by atoms with Crippen LogP contribution in [0.5, 0.6) is 5.75 Å². The highest BCUT2D eigenvalue weighted by Crippen LogP contribution is 2.17. The van der Waals surface area contributed by atoms with Crippen molar-refractivity contribution in [1.29, 1.82) is 0 Å². The summed E-state index contributed by atoms with van der Waals surface area (Å²) >= 11 is 0. The summed E-state index contributed by atoms with van der Waals surface area (Å²) < 4.78 is 0. The molecule has 1 aliphatic rings. The number of benzene rings is 1. The zero-order chi connectivity index (χ0) is 12.3. The molecule has 17 heavy (non-hydrogen) atoms. The van der Waals surface area contributed by atoms with E-state index in [9.17, 15) is 4.79 Å². The van der Waals surface area contributed by atoms with Crippen molar-refractivity contribution in [2.24, 2.45) is 5.73 Å². The normalized spacial score (nSPS) is 24.3. The number of carbonyl (C=O) groups excluding carboxylic acids is 1. The molecular weight excluding hydrogens is 216 g/mol. The Morgan fingerprint density at radius 3 is 2.35 bits per heavy atom. The molecule has 4 heteroatoms. The summed E-state index contributed by atoms with van der Waals surface area (Å²) in [6.45, 7) is 0. The van der Waals surface area contributed by atoms with Crippen LogP contribution in [0.3, 0.4) is 0 Å². The third-order valence-electron chi connectivity index (χ3n) is 3.24. The fourth-order valence-corrected chi connectivity index (χ4v) is 2.15. The van der Waals surface area contributed by atoms with Crippen LogP contribution in [-0.2, 0) is 0 Å². The molecule has 0 aliphatic heterocycles. The van der Waals surface area contributed by atoms with E-state index in [4.69, 9.17) is 10.8 Å². The number of carbonyl (C=O) groups is 1. The number of phenols is 1. The maximum Gasteiger partial charge on any atom is 0.251 e. The van der Waals surface area contributed by atoms with Crippen LogP contribution in [0.25, 0.3) is 0 Å². The van der Waals surface area contributed by atoms with Crippen LogP contribution in [-0.4, -0.2) is 23.1 Å². The number of phenolic OH excluding ortho intramolecular Hbond substituents is 1. The van der Waals surface area contributed by atoms with Crippen LogP contribution < -0.4 is 11.1 Å². The monoisotopic (exact) mass is 234 g/mol. The van der Waals surface area contributed by atoms with E-state index in [0.717, 1.165) is 25.7 Å². The fourth-order valence-electron chi connectivity index (χ4n) is 2.15. The number of hydrogen-bond donors (Lipinski definition) is 3. The molecule has 0 aromatic heterocycles.